The van der Waals surface area contributed by atoms with Gasteiger partial charge in [0.25, 0.3) is 5.91 Å². The molecule has 3 aromatic rings. The number of nitrogens with one attached hydrogen (secondary N) is 2. The number of hydrogen-bond donors (Lipinski definition) is 2. The fraction of sp³-hybridized carbons (Fsp3) is 0.167. The largest absolute Gasteiger partial charge is 0.322 e. The molecule has 0 aliphatic carbocycles. The van der Waals surface area contributed by atoms with Gasteiger partial charge in [0.1, 0.15) is 0 Å². The van der Waals surface area contributed by atoms with Gasteiger partial charge in [0.05, 0.1) is 20.8 Å². The quantitative estimate of drug-likeness (QED) is 0.578. The summed E-state index contributed by atoms with van der Waals surface area (Å²) in [7, 11) is 0. The van der Waals surface area contributed by atoms with Crippen molar-refractivity contribution in [2.24, 2.45) is 0 Å². The van der Waals surface area contributed by atoms with Crippen LogP contribution in [0.15, 0.2) is 36.4 Å². The van der Waals surface area contributed by atoms with Gasteiger partial charge in [0.15, 0.2) is 5.13 Å². The Kier molecular flexibility index (Phi) is 5.76. The highest BCUT2D eigenvalue weighted by Crippen LogP contribution is 2.29. The average molecular weight is 408 g/mol. The number of carbonyl (C=O) groups excluding carboxylic acids is 2. The Morgan fingerprint density at radius 1 is 1.12 bits per heavy atom. The first kappa shape index (κ1) is 18.6. The summed E-state index contributed by atoms with van der Waals surface area (Å²) in [5.41, 5.74) is 1.71. The maximum absolute atomic E-state index is 12.4. The lowest BCUT2D eigenvalue weighted by molar-refractivity contribution is -0.116. The van der Waals surface area contributed by atoms with Crippen LogP contribution in [-0.2, 0) is 4.79 Å². The Morgan fingerprint density at radius 2 is 1.92 bits per heavy atom. The molecule has 0 saturated heterocycles. The number of amides is 2. The van der Waals surface area contributed by atoms with Gasteiger partial charge < -0.3 is 10.6 Å². The van der Waals surface area contributed by atoms with E-state index in [-0.39, 0.29) is 16.8 Å². The van der Waals surface area contributed by atoms with E-state index in [2.05, 4.69) is 15.6 Å². The minimum Gasteiger partial charge on any atom is -0.322 e. The molecule has 0 fully saturated rings. The van der Waals surface area contributed by atoms with Crippen molar-refractivity contribution in [3.63, 3.8) is 0 Å². The SMILES string of the molecule is CCCC(=O)Nc1nc2ccc(NC(=O)c3ccc(Cl)cc3Cl)cc2s1. The molecule has 0 aliphatic rings. The van der Waals surface area contributed by atoms with Gasteiger partial charge in [0, 0.05) is 17.1 Å². The predicted molar refractivity (Wildman–Crippen MR) is 108 cm³/mol. The van der Waals surface area contributed by atoms with Crippen LogP contribution in [0.4, 0.5) is 10.8 Å². The van der Waals surface area contributed by atoms with Crippen molar-refractivity contribution in [3.05, 3.63) is 52.0 Å². The van der Waals surface area contributed by atoms with E-state index < -0.39 is 0 Å². The van der Waals surface area contributed by atoms with Crippen LogP contribution in [0.1, 0.15) is 30.1 Å². The molecule has 2 aromatic carbocycles. The molecule has 0 bridgehead atoms. The third kappa shape index (κ3) is 4.33. The first-order valence-electron chi connectivity index (χ1n) is 7.93. The topological polar surface area (TPSA) is 71.1 Å². The molecule has 26 heavy (non-hydrogen) atoms. The van der Waals surface area contributed by atoms with Gasteiger partial charge in [-0.3, -0.25) is 9.59 Å². The second-order valence-electron chi connectivity index (χ2n) is 5.58. The van der Waals surface area contributed by atoms with Gasteiger partial charge >= 0.3 is 0 Å². The Labute approximate surface area is 164 Å². The minimum atomic E-state index is -0.327. The summed E-state index contributed by atoms with van der Waals surface area (Å²) in [5, 5.41) is 6.89. The maximum Gasteiger partial charge on any atom is 0.257 e. The Bertz CT molecular complexity index is 988. The summed E-state index contributed by atoms with van der Waals surface area (Å²) in [5.74, 6) is -0.385. The third-order valence-electron chi connectivity index (χ3n) is 3.55. The summed E-state index contributed by atoms with van der Waals surface area (Å²) in [6.45, 7) is 1.94. The zero-order valence-electron chi connectivity index (χ0n) is 13.8. The summed E-state index contributed by atoms with van der Waals surface area (Å²) < 4.78 is 0.858. The lowest BCUT2D eigenvalue weighted by Crippen LogP contribution is -2.12. The van der Waals surface area contributed by atoms with E-state index in [0.717, 1.165) is 16.6 Å². The summed E-state index contributed by atoms with van der Waals surface area (Å²) in [6.07, 6.45) is 1.24. The lowest BCUT2D eigenvalue weighted by atomic mass is 10.2. The minimum absolute atomic E-state index is 0.0579. The Hall–Kier alpha value is -2.15. The van der Waals surface area contributed by atoms with Crippen LogP contribution in [0, 0.1) is 0 Å². The first-order valence-corrected chi connectivity index (χ1v) is 9.50. The maximum atomic E-state index is 12.4. The Morgan fingerprint density at radius 3 is 2.65 bits per heavy atom. The zero-order valence-corrected chi connectivity index (χ0v) is 16.1. The van der Waals surface area contributed by atoms with E-state index >= 15 is 0 Å². The highest BCUT2D eigenvalue weighted by Gasteiger charge is 2.12. The van der Waals surface area contributed by atoms with Crippen LogP contribution >= 0.6 is 34.5 Å². The number of hydrogen-bond acceptors (Lipinski definition) is 4. The number of thiazole rings is 1. The second-order valence-corrected chi connectivity index (χ2v) is 7.45. The first-order chi connectivity index (χ1) is 12.5. The van der Waals surface area contributed by atoms with E-state index in [1.165, 1.54) is 17.4 Å². The number of carbonyl (C=O) groups is 2. The van der Waals surface area contributed by atoms with Crippen LogP contribution in [0.25, 0.3) is 10.2 Å². The summed E-state index contributed by atoms with van der Waals surface area (Å²) in [4.78, 5) is 28.5. The van der Waals surface area contributed by atoms with Crippen LogP contribution in [0.2, 0.25) is 10.0 Å². The molecular formula is C18H15Cl2N3O2S. The number of halogens is 2. The van der Waals surface area contributed by atoms with E-state index in [0.29, 0.717) is 27.8 Å². The smallest absolute Gasteiger partial charge is 0.257 e. The third-order valence-corrected chi connectivity index (χ3v) is 5.03. The van der Waals surface area contributed by atoms with Gasteiger partial charge in [-0.25, -0.2) is 4.98 Å². The molecule has 2 amide bonds. The molecule has 2 N–H and O–H groups in total. The fourth-order valence-electron chi connectivity index (χ4n) is 2.34. The zero-order chi connectivity index (χ0) is 18.7. The summed E-state index contributed by atoms with van der Waals surface area (Å²) in [6, 6.07) is 10.1. The fourth-order valence-corrected chi connectivity index (χ4v) is 3.75. The molecule has 0 spiro atoms. The molecule has 134 valence electrons. The Balaban J connectivity index is 1.78. The highest BCUT2D eigenvalue weighted by atomic mass is 35.5. The molecule has 0 aliphatic heterocycles. The van der Waals surface area contributed by atoms with Crippen molar-refractivity contribution < 1.29 is 9.59 Å². The molecule has 1 aromatic heterocycles. The van der Waals surface area contributed by atoms with Crippen molar-refractivity contribution in [1.82, 2.24) is 4.98 Å². The normalized spacial score (nSPS) is 10.7. The van der Waals surface area contributed by atoms with E-state index in [4.69, 9.17) is 23.2 Å². The number of fused-ring (bicyclic) bond motifs is 1. The molecule has 0 saturated carbocycles. The highest BCUT2D eigenvalue weighted by molar-refractivity contribution is 7.22. The van der Waals surface area contributed by atoms with E-state index in [1.807, 2.05) is 13.0 Å². The molecule has 8 heteroatoms. The van der Waals surface area contributed by atoms with Crippen LogP contribution in [0.3, 0.4) is 0 Å². The van der Waals surface area contributed by atoms with Gasteiger partial charge in [-0.1, -0.05) is 41.5 Å². The van der Waals surface area contributed by atoms with Crippen LogP contribution in [-0.4, -0.2) is 16.8 Å². The molecule has 0 unspecified atom stereocenters. The van der Waals surface area contributed by atoms with Crippen molar-refractivity contribution in [1.29, 1.82) is 0 Å². The molecular weight excluding hydrogens is 393 g/mol. The van der Waals surface area contributed by atoms with Crippen molar-refractivity contribution in [2.45, 2.75) is 19.8 Å². The number of anilines is 2. The number of aromatic nitrogens is 1. The number of benzene rings is 2. The van der Waals surface area contributed by atoms with Gasteiger partial charge in [0.2, 0.25) is 5.91 Å². The number of rotatable bonds is 5. The average Bonchev–Trinajstić information content (AvgIpc) is 2.96. The van der Waals surface area contributed by atoms with Gasteiger partial charge in [-0.05, 0) is 42.8 Å². The second kappa shape index (κ2) is 8.03. The van der Waals surface area contributed by atoms with Gasteiger partial charge in [-0.2, -0.15) is 0 Å². The summed E-state index contributed by atoms with van der Waals surface area (Å²) >= 11 is 13.3. The molecule has 3 rings (SSSR count). The predicted octanol–water partition coefficient (Wildman–Crippen LogP) is 5.59. The van der Waals surface area contributed by atoms with Crippen LogP contribution in [0.5, 0.6) is 0 Å². The van der Waals surface area contributed by atoms with Gasteiger partial charge in [-0.15, -0.1) is 0 Å². The monoisotopic (exact) mass is 407 g/mol. The van der Waals surface area contributed by atoms with Crippen molar-refractivity contribution in [3.8, 4) is 0 Å². The lowest BCUT2D eigenvalue weighted by Gasteiger charge is -2.07. The molecule has 0 radical (unpaired) electrons. The molecule has 1 heterocycles. The molecule has 0 atom stereocenters. The van der Waals surface area contributed by atoms with Crippen LogP contribution < -0.4 is 10.6 Å². The van der Waals surface area contributed by atoms with E-state index in [1.54, 1.807) is 24.3 Å². The van der Waals surface area contributed by atoms with Crippen molar-refractivity contribution >= 4 is 67.4 Å². The molecule has 5 nitrogen and oxygen atoms in total. The van der Waals surface area contributed by atoms with Crippen molar-refractivity contribution in [2.75, 3.05) is 10.6 Å². The van der Waals surface area contributed by atoms with E-state index in [9.17, 15) is 9.59 Å². The standard InChI is InChI=1S/C18H15Cl2N3O2S/c1-2-3-16(24)23-18-22-14-7-5-11(9-15(14)26-18)21-17(25)12-6-4-10(19)8-13(12)20/h4-9H,2-3H2,1H3,(H,21,25)(H,22,23,24). The number of nitrogens with zero attached hydrogens (tertiary/aromatic N) is 1.